The van der Waals surface area contributed by atoms with Gasteiger partial charge in [-0.15, -0.1) is 0 Å². The second-order valence-electron chi connectivity index (χ2n) is 10.6. The fraction of sp³-hybridized carbons (Fsp3) is 0.467. The molecule has 0 saturated heterocycles. The third-order valence-corrected chi connectivity index (χ3v) is 8.05. The van der Waals surface area contributed by atoms with E-state index < -0.39 is 0 Å². The Kier molecular flexibility index (Phi) is 7.21. The molecule has 0 aliphatic heterocycles. The molecule has 2 aromatic carbocycles. The molecule has 5 rings (SSSR count). The number of amides is 1. The van der Waals surface area contributed by atoms with E-state index in [2.05, 4.69) is 46.8 Å². The molecule has 1 amide bonds. The van der Waals surface area contributed by atoms with Crippen LogP contribution in [-0.2, 0) is 9.59 Å². The first-order valence-electron chi connectivity index (χ1n) is 13.4. The Hall–Kier alpha value is -3.08. The molecule has 0 spiro atoms. The number of aromatic nitrogens is 1. The average molecular weight is 472 g/mol. The first-order chi connectivity index (χ1) is 17.1. The summed E-state index contributed by atoms with van der Waals surface area (Å²) in [6.07, 6.45) is 10.2. The number of benzene rings is 2. The predicted molar refractivity (Wildman–Crippen MR) is 144 cm³/mol. The number of rotatable bonds is 7. The Morgan fingerprint density at radius 2 is 1.57 bits per heavy atom. The summed E-state index contributed by atoms with van der Waals surface area (Å²) in [5, 5.41) is 7.55. The van der Waals surface area contributed by atoms with Gasteiger partial charge in [0.15, 0.2) is 5.78 Å². The highest BCUT2D eigenvalue weighted by molar-refractivity contribution is 5.96. The van der Waals surface area contributed by atoms with Crippen LogP contribution >= 0.6 is 0 Å². The summed E-state index contributed by atoms with van der Waals surface area (Å²) < 4.78 is 0. The van der Waals surface area contributed by atoms with Crippen molar-refractivity contribution < 1.29 is 9.59 Å². The first-order valence-corrected chi connectivity index (χ1v) is 13.4. The zero-order valence-corrected chi connectivity index (χ0v) is 20.7. The minimum Gasteiger partial charge on any atom is -0.378 e. The van der Waals surface area contributed by atoms with Crippen LogP contribution in [0, 0.1) is 17.8 Å². The van der Waals surface area contributed by atoms with Crippen molar-refractivity contribution in [3.05, 3.63) is 48.5 Å². The Balaban J connectivity index is 1.21. The van der Waals surface area contributed by atoms with Crippen LogP contribution in [0.3, 0.4) is 0 Å². The molecule has 2 saturated carbocycles. The van der Waals surface area contributed by atoms with E-state index in [4.69, 9.17) is 0 Å². The molecule has 3 aromatic rings. The summed E-state index contributed by atoms with van der Waals surface area (Å²) in [6, 6.07) is 16.4. The van der Waals surface area contributed by atoms with Crippen LogP contribution in [0.5, 0.6) is 0 Å². The lowest BCUT2D eigenvalue weighted by atomic mass is 9.78. The van der Waals surface area contributed by atoms with E-state index in [1.807, 2.05) is 24.3 Å². The lowest BCUT2D eigenvalue weighted by Gasteiger charge is -2.27. The second kappa shape index (κ2) is 10.7. The van der Waals surface area contributed by atoms with Gasteiger partial charge in [0.1, 0.15) is 0 Å². The third kappa shape index (κ3) is 5.61. The van der Waals surface area contributed by atoms with Gasteiger partial charge in [0.05, 0.1) is 6.54 Å². The fourth-order valence-electron chi connectivity index (χ4n) is 5.85. The lowest BCUT2D eigenvalue weighted by molar-refractivity contribution is -0.123. The monoisotopic (exact) mass is 471 g/mol. The van der Waals surface area contributed by atoms with E-state index in [0.717, 1.165) is 65.6 Å². The fourth-order valence-corrected chi connectivity index (χ4v) is 5.85. The van der Waals surface area contributed by atoms with Crippen LogP contribution in [0.2, 0.25) is 0 Å². The number of anilines is 2. The van der Waals surface area contributed by atoms with E-state index in [1.165, 1.54) is 25.7 Å². The van der Waals surface area contributed by atoms with Gasteiger partial charge in [0.25, 0.3) is 0 Å². The van der Waals surface area contributed by atoms with Gasteiger partial charge in [-0.2, -0.15) is 0 Å². The van der Waals surface area contributed by atoms with Crippen molar-refractivity contribution in [3.8, 4) is 11.3 Å². The van der Waals surface area contributed by atoms with Crippen LogP contribution in [0.4, 0.5) is 11.4 Å². The molecule has 2 aliphatic rings. The topological polar surface area (TPSA) is 74.0 Å². The van der Waals surface area contributed by atoms with Crippen molar-refractivity contribution in [1.29, 1.82) is 0 Å². The lowest BCUT2D eigenvalue weighted by Crippen LogP contribution is -2.30. The van der Waals surface area contributed by atoms with Gasteiger partial charge < -0.3 is 15.6 Å². The molecule has 2 aliphatic carbocycles. The van der Waals surface area contributed by atoms with Gasteiger partial charge in [-0.1, -0.05) is 63.6 Å². The third-order valence-electron chi connectivity index (χ3n) is 8.05. The first kappa shape index (κ1) is 23.7. The molecule has 1 heterocycles. The zero-order chi connectivity index (χ0) is 24.2. The molecule has 5 heteroatoms. The summed E-state index contributed by atoms with van der Waals surface area (Å²) in [5.74, 6) is 1.34. The second-order valence-corrected chi connectivity index (χ2v) is 10.6. The van der Waals surface area contributed by atoms with Crippen LogP contribution in [0.1, 0.15) is 64.7 Å². The average Bonchev–Trinajstić information content (AvgIpc) is 3.32. The quantitative estimate of drug-likeness (QED) is 0.342. The number of carbonyl (C=O) groups excluding carboxylic acids is 2. The number of nitrogens with one attached hydrogen (secondary N) is 3. The zero-order valence-electron chi connectivity index (χ0n) is 20.7. The molecule has 184 valence electrons. The summed E-state index contributed by atoms with van der Waals surface area (Å²) in [6.45, 7) is 2.61. The number of ketones is 1. The van der Waals surface area contributed by atoms with Crippen molar-refractivity contribution in [2.75, 3.05) is 17.2 Å². The SMILES string of the molecule is CC1CCCCC1C(=O)CNc1ccc(-c2cc3ccc(NC(=O)C4CCCCC4)cc3[nH]2)cc1. The van der Waals surface area contributed by atoms with Crippen LogP contribution < -0.4 is 10.6 Å². The standard InChI is InChI=1S/C30H37N3O2/c1-20-7-5-6-10-26(20)29(34)19-31-24-14-11-21(12-15-24)27-17-23-13-16-25(18-28(23)33-27)32-30(35)22-8-3-2-4-9-22/h11-18,20,22,26,31,33H,2-10,19H2,1H3,(H,32,35). The molecule has 5 nitrogen and oxygen atoms in total. The minimum atomic E-state index is 0.145. The number of fused-ring (bicyclic) bond motifs is 1. The molecule has 3 N–H and O–H groups in total. The molecule has 35 heavy (non-hydrogen) atoms. The van der Waals surface area contributed by atoms with Crippen molar-refractivity contribution in [1.82, 2.24) is 4.98 Å². The van der Waals surface area contributed by atoms with Crippen molar-refractivity contribution >= 4 is 34.0 Å². The minimum absolute atomic E-state index is 0.145. The molecule has 2 unspecified atom stereocenters. The van der Waals surface area contributed by atoms with Gasteiger partial charge in [-0.25, -0.2) is 0 Å². The maximum absolute atomic E-state index is 12.7. The number of aromatic amines is 1. The highest BCUT2D eigenvalue weighted by Gasteiger charge is 2.27. The maximum Gasteiger partial charge on any atom is 0.227 e. The number of H-pyrrole nitrogens is 1. The van der Waals surface area contributed by atoms with Gasteiger partial charge in [-0.05, 0) is 61.1 Å². The van der Waals surface area contributed by atoms with Crippen molar-refractivity contribution in [3.63, 3.8) is 0 Å². The summed E-state index contributed by atoms with van der Waals surface area (Å²) in [4.78, 5) is 28.8. The van der Waals surface area contributed by atoms with Gasteiger partial charge in [0, 0.05) is 39.8 Å². The van der Waals surface area contributed by atoms with E-state index in [-0.39, 0.29) is 17.7 Å². The van der Waals surface area contributed by atoms with E-state index in [9.17, 15) is 9.59 Å². The predicted octanol–water partition coefficient (Wildman–Crippen LogP) is 7.16. The molecule has 0 radical (unpaired) electrons. The Labute approximate surface area is 208 Å². The van der Waals surface area contributed by atoms with Crippen LogP contribution in [0.15, 0.2) is 48.5 Å². The largest absolute Gasteiger partial charge is 0.378 e. The molecule has 2 atom stereocenters. The Bertz CT molecular complexity index is 1170. The summed E-state index contributed by atoms with van der Waals surface area (Å²) in [7, 11) is 0. The van der Waals surface area contributed by atoms with E-state index >= 15 is 0 Å². The number of Topliss-reactive ketones (excluding diaryl/α,β-unsaturated/α-hetero) is 1. The van der Waals surface area contributed by atoms with Crippen LogP contribution in [-0.4, -0.2) is 23.2 Å². The summed E-state index contributed by atoms with van der Waals surface area (Å²) in [5.41, 5.74) is 4.95. The Morgan fingerprint density at radius 3 is 2.34 bits per heavy atom. The summed E-state index contributed by atoms with van der Waals surface area (Å²) >= 11 is 0. The number of carbonyl (C=O) groups is 2. The smallest absolute Gasteiger partial charge is 0.227 e. The maximum atomic E-state index is 12.7. The van der Waals surface area contributed by atoms with Crippen LogP contribution in [0.25, 0.3) is 22.2 Å². The normalized spacial score (nSPS) is 21.1. The van der Waals surface area contributed by atoms with Gasteiger partial charge in [-0.3, -0.25) is 9.59 Å². The van der Waals surface area contributed by atoms with Gasteiger partial charge in [0.2, 0.25) is 5.91 Å². The molecule has 0 bridgehead atoms. The number of hydrogen-bond donors (Lipinski definition) is 3. The van der Waals surface area contributed by atoms with Crippen molar-refractivity contribution in [2.45, 2.75) is 64.7 Å². The molecule has 1 aromatic heterocycles. The molecular weight excluding hydrogens is 434 g/mol. The molecular formula is C30H37N3O2. The Morgan fingerprint density at radius 1 is 0.857 bits per heavy atom. The highest BCUT2D eigenvalue weighted by atomic mass is 16.2. The van der Waals surface area contributed by atoms with Gasteiger partial charge >= 0.3 is 0 Å². The van der Waals surface area contributed by atoms with E-state index in [1.54, 1.807) is 0 Å². The van der Waals surface area contributed by atoms with E-state index in [0.29, 0.717) is 18.2 Å². The number of hydrogen-bond acceptors (Lipinski definition) is 3. The highest BCUT2D eigenvalue weighted by Crippen LogP contribution is 2.31. The molecule has 2 fully saturated rings. The van der Waals surface area contributed by atoms with Crippen molar-refractivity contribution in [2.24, 2.45) is 17.8 Å².